The van der Waals surface area contributed by atoms with Gasteiger partial charge >= 0.3 is 0 Å². The molecule has 3 aromatic rings. The molecule has 0 aliphatic heterocycles. The highest BCUT2D eigenvalue weighted by molar-refractivity contribution is 14.1. The Bertz CT molecular complexity index is 630. The van der Waals surface area contributed by atoms with E-state index in [-0.39, 0.29) is 5.75 Å². The van der Waals surface area contributed by atoms with E-state index in [2.05, 4.69) is 32.7 Å². The van der Waals surface area contributed by atoms with E-state index in [0.717, 1.165) is 14.7 Å². The second-order valence-corrected chi connectivity index (χ2v) is 5.22. The molecule has 94 valence electrons. The van der Waals surface area contributed by atoms with Gasteiger partial charge in [0.25, 0.3) is 5.89 Å². The third-order valence-electron chi connectivity index (χ3n) is 2.64. The fraction of sp³-hybridized carbons (Fsp3) is 0. The van der Waals surface area contributed by atoms with Crippen LogP contribution in [-0.4, -0.2) is 15.2 Å². The number of benzene rings is 2. The van der Waals surface area contributed by atoms with Crippen LogP contribution in [0.3, 0.4) is 0 Å². The van der Waals surface area contributed by atoms with E-state index in [0.29, 0.717) is 11.7 Å². The van der Waals surface area contributed by atoms with Gasteiger partial charge in [0, 0.05) is 14.7 Å². The van der Waals surface area contributed by atoms with Crippen LogP contribution in [0.25, 0.3) is 22.8 Å². The highest BCUT2D eigenvalue weighted by atomic mass is 127. The topological polar surface area (TPSA) is 59.2 Å². The maximum absolute atomic E-state index is 9.25. The van der Waals surface area contributed by atoms with Crippen LogP contribution in [0.5, 0.6) is 5.75 Å². The zero-order valence-electron chi connectivity index (χ0n) is 9.75. The Morgan fingerprint density at radius 1 is 0.895 bits per heavy atom. The minimum Gasteiger partial charge on any atom is -0.508 e. The van der Waals surface area contributed by atoms with Gasteiger partial charge in [0.1, 0.15) is 5.75 Å². The number of hydrogen-bond donors (Lipinski definition) is 1. The van der Waals surface area contributed by atoms with Crippen molar-refractivity contribution in [2.24, 2.45) is 0 Å². The molecule has 0 atom stereocenters. The zero-order chi connectivity index (χ0) is 13.2. The molecule has 0 spiro atoms. The number of aromatic nitrogens is 2. The second-order valence-electron chi connectivity index (χ2n) is 3.98. The Morgan fingerprint density at radius 2 is 1.53 bits per heavy atom. The highest BCUT2D eigenvalue weighted by Crippen LogP contribution is 2.24. The Hall–Kier alpha value is -1.89. The van der Waals surface area contributed by atoms with E-state index in [9.17, 15) is 5.11 Å². The van der Waals surface area contributed by atoms with Gasteiger partial charge in [-0.25, -0.2) is 0 Å². The number of halogens is 1. The lowest BCUT2D eigenvalue weighted by atomic mass is 10.2. The van der Waals surface area contributed by atoms with Crippen molar-refractivity contribution in [3.63, 3.8) is 0 Å². The molecule has 1 heterocycles. The number of rotatable bonds is 2. The predicted octanol–water partition coefficient (Wildman–Crippen LogP) is 3.71. The minimum absolute atomic E-state index is 0.209. The third-order valence-corrected chi connectivity index (χ3v) is 3.36. The number of aromatic hydroxyl groups is 1. The summed E-state index contributed by atoms with van der Waals surface area (Å²) >= 11 is 2.25. The van der Waals surface area contributed by atoms with Gasteiger partial charge in [-0.05, 0) is 59.0 Å². The molecule has 1 aromatic heterocycles. The average molecular weight is 364 g/mol. The smallest absolute Gasteiger partial charge is 0.258 e. The van der Waals surface area contributed by atoms with E-state index in [1.54, 1.807) is 24.3 Å². The molecule has 0 saturated heterocycles. The first kappa shape index (κ1) is 12.2. The summed E-state index contributed by atoms with van der Waals surface area (Å²) in [5.41, 5.74) is 1.69. The van der Waals surface area contributed by atoms with E-state index >= 15 is 0 Å². The van der Waals surface area contributed by atoms with E-state index < -0.39 is 0 Å². The van der Waals surface area contributed by atoms with Crippen LogP contribution in [0, 0.1) is 3.57 Å². The quantitative estimate of drug-likeness (QED) is 0.705. The van der Waals surface area contributed by atoms with Gasteiger partial charge in [0.2, 0.25) is 5.82 Å². The van der Waals surface area contributed by atoms with Gasteiger partial charge in [-0.3, -0.25) is 0 Å². The van der Waals surface area contributed by atoms with Gasteiger partial charge < -0.3 is 9.63 Å². The normalized spacial score (nSPS) is 10.6. The largest absolute Gasteiger partial charge is 0.508 e. The highest BCUT2D eigenvalue weighted by Gasteiger charge is 2.10. The molecule has 0 fully saturated rings. The van der Waals surface area contributed by atoms with Crippen molar-refractivity contribution in [1.29, 1.82) is 0 Å². The Balaban J connectivity index is 1.95. The Kier molecular flexibility index (Phi) is 3.20. The fourth-order valence-electron chi connectivity index (χ4n) is 1.66. The first-order chi connectivity index (χ1) is 9.22. The van der Waals surface area contributed by atoms with Crippen LogP contribution in [0.15, 0.2) is 53.1 Å². The van der Waals surface area contributed by atoms with Gasteiger partial charge in [0.05, 0.1) is 0 Å². The molecule has 0 aliphatic rings. The maximum Gasteiger partial charge on any atom is 0.258 e. The molecule has 0 unspecified atom stereocenters. The second kappa shape index (κ2) is 5.00. The van der Waals surface area contributed by atoms with Crippen LogP contribution in [0.1, 0.15) is 0 Å². The lowest BCUT2D eigenvalue weighted by Gasteiger charge is -1.94. The number of hydrogen-bond acceptors (Lipinski definition) is 4. The van der Waals surface area contributed by atoms with Gasteiger partial charge in [-0.15, -0.1) is 0 Å². The summed E-state index contributed by atoms with van der Waals surface area (Å²) in [5.74, 6) is 1.20. The standard InChI is InChI=1S/C14H9IN2O2/c15-11-5-1-9(2-6-11)13-16-14(19-17-13)10-3-7-12(18)8-4-10/h1-8,18H. The van der Waals surface area contributed by atoms with E-state index in [1.807, 2.05) is 24.3 Å². The van der Waals surface area contributed by atoms with Crippen molar-refractivity contribution < 1.29 is 9.63 Å². The van der Waals surface area contributed by atoms with E-state index in [1.165, 1.54) is 0 Å². The van der Waals surface area contributed by atoms with Crippen LogP contribution in [0.4, 0.5) is 0 Å². The van der Waals surface area contributed by atoms with Crippen LogP contribution < -0.4 is 0 Å². The molecular weight excluding hydrogens is 355 g/mol. The van der Waals surface area contributed by atoms with Crippen LogP contribution in [0.2, 0.25) is 0 Å². The van der Waals surface area contributed by atoms with Crippen molar-refractivity contribution in [2.45, 2.75) is 0 Å². The lowest BCUT2D eigenvalue weighted by Crippen LogP contribution is -1.81. The van der Waals surface area contributed by atoms with Crippen molar-refractivity contribution >= 4 is 22.6 Å². The van der Waals surface area contributed by atoms with Crippen molar-refractivity contribution in [1.82, 2.24) is 10.1 Å². The summed E-state index contributed by atoms with van der Waals surface area (Å²) in [6.45, 7) is 0. The fourth-order valence-corrected chi connectivity index (χ4v) is 2.02. The molecule has 19 heavy (non-hydrogen) atoms. The summed E-state index contributed by atoms with van der Waals surface area (Å²) in [7, 11) is 0. The monoisotopic (exact) mass is 364 g/mol. The summed E-state index contributed by atoms with van der Waals surface area (Å²) in [5, 5.41) is 13.2. The van der Waals surface area contributed by atoms with Gasteiger partial charge in [-0.1, -0.05) is 17.3 Å². The van der Waals surface area contributed by atoms with Gasteiger partial charge in [0.15, 0.2) is 0 Å². The minimum atomic E-state index is 0.209. The molecule has 3 rings (SSSR count). The summed E-state index contributed by atoms with van der Waals surface area (Å²) in [4.78, 5) is 4.35. The Morgan fingerprint density at radius 3 is 2.21 bits per heavy atom. The van der Waals surface area contributed by atoms with Crippen molar-refractivity contribution in [3.8, 4) is 28.6 Å². The van der Waals surface area contributed by atoms with Crippen LogP contribution in [-0.2, 0) is 0 Å². The molecule has 0 amide bonds. The lowest BCUT2D eigenvalue weighted by molar-refractivity contribution is 0.432. The van der Waals surface area contributed by atoms with Crippen LogP contribution >= 0.6 is 22.6 Å². The zero-order valence-corrected chi connectivity index (χ0v) is 11.9. The summed E-state index contributed by atoms with van der Waals surface area (Å²) in [6, 6.07) is 14.5. The molecule has 2 aromatic carbocycles. The number of phenolic OH excluding ortho intramolecular Hbond substituents is 1. The molecular formula is C14H9IN2O2. The van der Waals surface area contributed by atoms with E-state index in [4.69, 9.17) is 4.52 Å². The average Bonchev–Trinajstić information content (AvgIpc) is 2.90. The maximum atomic E-state index is 9.25. The molecule has 4 nitrogen and oxygen atoms in total. The molecule has 0 bridgehead atoms. The molecule has 0 saturated carbocycles. The summed E-state index contributed by atoms with van der Waals surface area (Å²) in [6.07, 6.45) is 0. The predicted molar refractivity (Wildman–Crippen MR) is 79.6 cm³/mol. The number of phenols is 1. The SMILES string of the molecule is Oc1ccc(-c2nc(-c3ccc(I)cc3)no2)cc1. The molecule has 1 N–H and O–H groups in total. The molecule has 0 radical (unpaired) electrons. The molecule has 5 heteroatoms. The van der Waals surface area contributed by atoms with Crippen molar-refractivity contribution in [3.05, 3.63) is 52.1 Å². The first-order valence-electron chi connectivity index (χ1n) is 5.61. The third kappa shape index (κ3) is 2.60. The molecule has 0 aliphatic carbocycles. The van der Waals surface area contributed by atoms with Gasteiger partial charge in [-0.2, -0.15) is 4.98 Å². The number of nitrogens with zero attached hydrogens (tertiary/aromatic N) is 2. The Labute approximate surface area is 123 Å². The van der Waals surface area contributed by atoms with Crippen molar-refractivity contribution in [2.75, 3.05) is 0 Å². The first-order valence-corrected chi connectivity index (χ1v) is 6.69. The summed E-state index contributed by atoms with van der Waals surface area (Å²) < 4.78 is 6.39.